The molecule has 0 spiro atoms. The van der Waals surface area contributed by atoms with E-state index in [9.17, 15) is 4.79 Å². The van der Waals surface area contributed by atoms with Crippen molar-refractivity contribution in [3.8, 4) is 0 Å². The van der Waals surface area contributed by atoms with E-state index in [1.807, 2.05) is 13.0 Å². The Bertz CT molecular complexity index is 304. The number of ether oxygens (including phenoxy) is 1. The second-order valence-electron chi connectivity index (χ2n) is 3.33. The third-order valence-electron chi connectivity index (χ3n) is 1.66. The number of hydrogen-bond donors (Lipinski definition) is 1. The number of carbonyl (C=O) groups is 1. The molecule has 2 N–H and O–H groups in total. The standard InChI is InChI=1S/C10H15NO3/c1-7(11)5-9-3-4-10(14-9)6-13-8(2)12/h3-4,7H,5-6,11H2,1-2H3. The monoisotopic (exact) mass is 197 g/mol. The minimum atomic E-state index is -0.310. The molecule has 0 aliphatic heterocycles. The van der Waals surface area contributed by atoms with Crippen LogP contribution in [0.2, 0.25) is 0 Å². The van der Waals surface area contributed by atoms with Crippen molar-refractivity contribution in [2.24, 2.45) is 5.73 Å². The molecule has 1 heterocycles. The molecule has 0 saturated carbocycles. The summed E-state index contributed by atoms with van der Waals surface area (Å²) in [7, 11) is 0. The van der Waals surface area contributed by atoms with E-state index in [1.54, 1.807) is 6.07 Å². The largest absolute Gasteiger partial charge is 0.462 e. The van der Waals surface area contributed by atoms with E-state index in [-0.39, 0.29) is 18.6 Å². The lowest BCUT2D eigenvalue weighted by Gasteiger charge is -2.01. The fraction of sp³-hybridized carbons (Fsp3) is 0.500. The molecule has 0 aliphatic carbocycles. The van der Waals surface area contributed by atoms with Crippen molar-refractivity contribution >= 4 is 5.97 Å². The van der Waals surface area contributed by atoms with Gasteiger partial charge in [-0.3, -0.25) is 4.79 Å². The van der Waals surface area contributed by atoms with Gasteiger partial charge in [0, 0.05) is 19.4 Å². The summed E-state index contributed by atoms with van der Waals surface area (Å²) >= 11 is 0. The van der Waals surface area contributed by atoms with Crippen LogP contribution in [0.1, 0.15) is 25.4 Å². The van der Waals surface area contributed by atoms with Gasteiger partial charge in [-0.05, 0) is 19.1 Å². The maximum atomic E-state index is 10.5. The average Bonchev–Trinajstić information content (AvgIpc) is 2.47. The summed E-state index contributed by atoms with van der Waals surface area (Å²) in [5.74, 6) is 1.16. The van der Waals surface area contributed by atoms with E-state index in [0.717, 1.165) is 5.76 Å². The molecular weight excluding hydrogens is 182 g/mol. The highest BCUT2D eigenvalue weighted by molar-refractivity contribution is 5.65. The summed E-state index contributed by atoms with van der Waals surface area (Å²) in [6, 6.07) is 3.71. The van der Waals surface area contributed by atoms with Gasteiger partial charge in [0.1, 0.15) is 18.1 Å². The number of hydrogen-bond acceptors (Lipinski definition) is 4. The SMILES string of the molecule is CC(=O)OCc1ccc(CC(C)N)o1. The first kappa shape index (κ1) is 10.8. The van der Waals surface area contributed by atoms with Gasteiger partial charge in [-0.15, -0.1) is 0 Å². The summed E-state index contributed by atoms with van der Waals surface area (Å²) in [5.41, 5.74) is 5.61. The average molecular weight is 197 g/mol. The predicted molar refractivity (Wildman–Crippen MR) is 51.5 cm³/mol. The highest BCUT2D eigenvalue weighted by atomic mass is 16.5. The molecular formula is C10H15NO3. The molecule has 0 fully saturated rings. The van der Waals surface area contributed by atoms with Gasteiger partial charge in [0.15, 0.2) is 0 Å². The zero-order chi connectivity index (χ0) is 10.6. The number of furan rings is 1. The van der Waals surface area contributed by atoms with E-state index >= 15 is 0 Å². The van der Waals surface area contributed by atoms with Gasteiger partial charge in [0.05, 0.1) is 0 Å². The molecule has 1 rings (SSSR count). The van der Waals surface area contributed by atoms with Crippen LogP contribution in [0.5, 0.6) is 0 Å². The molecule has 0 amide bonds. The number of rotatable bonds is 4. The maximum absolute atomic E-state index is 10.5. The smallest absolute Gasteiger partial charge is 0.303 e. The van der Waals surface area contributed by atoms with Crippen molar-refractivity contribution in [1.29, 1.82) is 0 Å². The van der Waals surface area contributed by atoms with Crippen molar-refractivity contribution in [3.05, 3.63) is 23.7 Å². The lowest BCUT2D eigenvalue weighted by Crippen LogP contribution is -2.17. The summed E-state index contributed by atoms with van der Waals surface area (Å²) in [6.07, 6.45) is 0.695. The van der Waals surface area contributed by atoms with Crippen molar-refractivity contribution < 1.29 is 13.9 Å². The van der Waals surface area contributed by atoms with Crippen LogP contribution in [-0.2, 0) is 22.6 Å². The van der Waals surface area contributed by atoms with Crippen molar-refractivity contribution in [3.63, 3.8) is 0 Å². The van der Waals surface area contributed by atoms with Gasteiger partial charge in [-0.2, -0.15) is 0 Å². The minimum absolute atomic E-state index is 0.0720. The Morgan fingerprint density at radius 2 is 2.21 bits per heavy atom. The highest BCUT2D eigenvalue weighted by Gasteiger charge is 2.05. The molecule has 14 heavy (non-hydrogen) atoms. The summed E-state index contributed by atoms with van der Waals surface area (Å²) in [4.78, 5) is 10.5. The normalized spacial score (nSPS) is 12.5. The first-order valence-corrected chi connectivity index (χ1v) is 4.54. The molecule has 0 bridgehead atoms. The second kappa shape index (κ2) is 4.81. The van der Waals surface area contributed by atoms with Gasteiger partial charge in [-0.25, -0.2) is 0 Å². The Morgan fingerprint density at radius 1 is 1.57 bits per heavy atom. The van der Waals surface area contributed by atoms with Crippen LogP contribution >= 0.6 is 0 Å². The van der Waals surface area contributed by atoms with Crippen LogP contribution in [0.15, 0.2) is 16.5 Å². The van der Waals surface area contributed by atoms with E-state index < -0.39 is 0 Å². The number of esters is 1. The number of carbonyl (C=O) groups excluding carboxylic acids is 1. The molecule has 0 saturated heterocycles. The van der Waals surface area contributed by atoms with Crippen LogP contribution in [-0.4, -0.2) is 12.0 Å². The summed E-state index contributed by atoms with van der Waals surface area (Å²) < 4.78 is 10.2. The summed E-state index contributed by atoms with van der Waals surface area (Å²) in [6.45, 7) is 3.47. The Morgan fingerprint density at radius 3 is 2.79 bits per heavy atom. The minimum Gasteiger partial charge on any atom is -0.462 e. The Hall–Kier alpha value is -1.29. The van der Waals surface area contributed by atoms with Crippen LogP contribution < -0.4 is 5.73 Å². The molecule has 4 heteroatoms. The lowest BCUT2D eigenvalue weighted by atomic mass is 10.2. The highest BCUT2D eigenvalue weighted by Crippen LogP contribution is 2.10. The molecule has 1 aromatic heterocycles. The van der Waals surface area contributed by atoms with Gasteiger partial charge >= 0.3 is 5.97 Å². The van der Waals surface area contributed by atoms with Crippen molar-refractivity contribution in [2.45, 2.75) is 32.9 Å². The third-order valence-corrected chi connectivity index (χ3v) is 1.66. The van der Waals surface area contributed by atoms with Crippen LogP contribution in [0.4, 0.5) is 0 Å². The Labute approximate surface area is 83.0 Å². The van der Waals surface area contributed by atoms with Gasteiger partial charge < -0.3 is 14.9 Å². The zero-order valence-electron chi connectivity index (χ0n) is 8.45. The number of nitrogens with two attached hydrogens (primary N) is 1. The fourth-order valence-electron chi connectivity index (χ4n) is 1.10. The molecule has 0 aliphatic rings. The molecule has 4 nitrogen and oxygen atoms in total. The molecule has 1 aromatic rings. The van der Waals surface area contributed by atoms with Crippen molar-refractivity contribution in [2.75, 3.05) is 0 Å². The first-order valence-electron chi connectivity index (χ1n) is 4.54. The zero-order valence-corrected chi connectivity index (χ0v) is 8.45. The molecule has 78 valence electrons. The summed E-state index contributed by atoms with van der Waals surface area (Å²) in [5, 5.41) is 0. The van der Waals surface area contributed by atoms with E-state index in [1.165, 1.54) is 6.92 Å². The predicted octanol–water partition coefficient (Wildman–Crippen LogP) is 1.23. The third kappa shape index (κ3) is 3.62. The first-order chi connectivity index (χ1) is 6.58. The topological polar surface area (TPSA) is 65.5 Å². The maximum Gasteiger partial charge on any atom is 0.303 e. The second-order valence-corrected chi connectivity index (χ2v) is 3.33. The molecule has 1 unspecified atom stereocenters. The Kier molecular flexibility index (Phi) is 3.71. The Balaban J connectivity index is 2.46. The van der Waals surface area contributed by atoms with Gasteiger partial charge in [-0.1, -0.05) is 0 Å². The van der Waals surface area contributed by atoms with Crippen LogP contribution in [0.25, 0.3) is 0 Å². The molecule has 0 radical (unpaired) electrons. The lowest BCUT2D eigenvalue weighted by molar-refractivity contribution is -0.142. The van der Waals surface area contributed by atoms with Crippen molar-refractivity contribution in [1.82, 2.24) is 0 Å². The molecule has 0 aromatic carbocycles. The molecule has 1 atom stereocenters. The van der Waals surface area contributed by atoms with Crippen LogP contribution in [0, 0.1) is 0 Å². The van der Waals surface area contributed by atoms with E-state index in [2.05, 4.69) is 0 Å². The fourth-order valence-corrected chi connectivity index (χ4v) is 1.10. The van der Waals surface area contributed by atoms with Crippen LogP contribution in [0.3, 0.4) is 0 Å². The quantitative estimate of drug-likeness (QED) is 0.737. The van der Waals surface area contributed by atoms with Gasteiger partial charge in [0.2, 0.25) is 0 Å². The van der Waals surface area contributed by atoms with Gasteiger partial charge in [0.25, 0.3) is 0 Å². The van der Waals surface area contributed by atoms with E-state index in [0.29, 0.717) is 12.2 Å². The van der Waals surface area contributed by atoms with E-state index in [4.69, 9.17) is 14.9 Å².